The van der Waals surface area contributed by atoms with Gasteiger partial charge in [-0.15, -0.1) is 0 Å². The number of nitrogens with zero attached hydrogens (tertiary/aromatic N) is 1. The molecule has 1 rings (SSSR count). The minimum absolute atomic E-state index is 0.723. The minimum Gasteiger partial charge on any atom is -0.295 e. The van der Waals surface area contributed by atoms with E-state index < -0.39 is 0 Å². The second-order valence-corrected chi connectivity index (χ2v) is 3.63. The Labute approximate surface area is 72.5 Å². The number of rotatable bonds is 3. The van der Waals surface area contributed by atoms with E-state index in [4.69, 9.17) is 4.84 Å². The third-order valence-corrected chi connectivity index (χ3v) is 2.50. The van der Waals surface area contributed by atoms with Crippen molar-refractivity contribution in [3.05, 3.63) is 12.2 Å². The fraction of sp³-hybridized carbons (Fsp3) is 0.750. The Kier molecular flexibility index (Phi) is 4.66. The van der Waals surface area contributed by atoms with Gasteiger partial charge in [0.25, 0.3) is 0 Å². The lowest BCUT2D eigenvalue weighted by atomic mass is 10.5. The molecule has 0 aromatic heterocycles. The Hall–Kier alpha value is 0.0100. The summed E-state index contributed by atoms with van der Waals surface area (Å²) in [5.41, 5.74) is 0. The van der Waals surface area contributed by atoms with E-state index in [-0.39, 0.29) is 0 Å². The predicted octanol–water partition coefficient (Wildman–Crippen LogP) is 1.54. The highest BCUT2D eigenvalue weighted by Gasteiger charge is 2.08. The van der Waals surface area contributed by atoms with Crippen LogP contribution in [0.2, 0.25) is 0 Å². The number of hydrogen-bond acceptors (Lipinski definition) is 3. The van der Waals surface area contributed by atoms with Crippen LogP contribution in [0.4, 0.5) is 0 Å². The Morgan fingerprint density at radius 2 is 2.18 bits per heavy atom. The minimum atomic E-state index is 0.723. The van der Waals surface area contributed by atoms with Crippen molar-refractivity contribution in [2.75, 3.05) is 31.2 Å². The maximum Gasteiger partial charge on any atom is 0.0866 e. The summed E-state index contributed by atoms with van der Waals surface area (Å²) in [4.78, 5) is 5.46. The van der Waals surface area contributed by atoms with Crippen LogP contribution < -0.4 is 0 Å². The lowest BCUT2D eigenvalue weighted by molar-refractivity contribution is -0.141. The van der Waals surface area contributed by atoms with Gasteiger partial charge < -0.3 is 0 Å². The Morgan fingerprint density at radius 1 is 1.45 bits per heavy atom. The van der Waals surface area contributed by atoms with Crippen molar-refractivity contribution in [2.45, 2.75) is 6.92 Å². The molecule has 1 aliphatic heterocycles. The van der Waals surface area contributed by atoms with Gasteiger partial charge in [-0.1, -0.05) is 12.2 Å². The lowest BCUT2D eigenvalue weighted by Gasteiger charge is -2.24. The molecule has 0 spiro atoms. The van der Waals surface area contributed by atoms with Gasteiger partial charge in [-0.3, -0.25) is 4.84 Å². The van der Waals surface area contributed by atoms with Crippen LogP contribution in [0, 0.1) is 0 Å². The molecule has 64 valence electrons. The third kappa shape index (κ3) is 3.79. The summed E-state index contributed by atoms with van der Waals surface area (Å²) < 4.78 is 0. The summed E-state index contributed by atoms with van der Waals surface area (Å²) in [7, 11) is 0. The molecule has 3 heteroatoms. The van der Waals surface area contributed by atoms with Gasteiger partial charge in [0.2, 0.25) is 0 Å². The number of hydroxylamine groups is 2. The molecule has 0 aliphatic carbocycles. The molecule has 1 aliphatic rings. The smallest absolute Gasteiger partial charge is 0.0866 e. The average Bonchev–Trinajstić information content (AvgIpc) is 2.07. The Balaban J connectivity index is 2.04. The van der Waals surface area contributed by atoms with E-state index >= 15 is 0 Å². The van der Waals surface area contributed by atoms with E-state index in [0.29, 0.717) is 0 Å². The molecule has 1 fully saturated rings. The van der Waals surface area contributed by atoms with Gasteiger partial charge in [-0.25, -0.2) is 0 Å². The van der Waals surface area contributed by atoms with Gasteiger partial charge in [-0.05, 0) is 6.92 Å². The second-order valence-electron chi connectivity index (χ2n) is 2.41. The van der Waals surface area contributed by atoms with Gasteiger partial charge >= 0.3 is 0 Å². The Bertz CT molecular complexity index is 121. The summed E-state index contributed by atoms with van der Waals surface area (Å²) in [6.45, 7) is 4.88. The molecule has 0 amide bonds. The maximum atomic E-state index is 5.46. The maximum absolute atomic E-state index is 5.46. The second kappa shape index (κ2) is 5.63. The van der Waals surface area contributed by atoms with Gasteiger partial charge in [0, 0.05) is 24.6 Å². The fourth-order valence-electron chi connectivity index (χ4n) is 0.920. The zero-order valence-electron chi connectivity index (χ0n) is 6.95. The highest BCUT2D eigenvalue weighted by atomic mass is 32.2. The topological polar surface area (TPSA) is 12.5 Å². The highest BCUT2D eigenvalue weighted by molar-refractivity contribution is 7.99. The van der Waals surface area contributed by atoms with E-state index in [9.17, 15) is 0 Å². The van der Waals surface area contributed by atoms with Crippen LogP contribution in [0.5, 0.6) is 0 Å². The third-order valence-electron chi connectivity index (χ3n) is 1.56. The van der Waals surface area contributed by atoms with Crippen molar-refractivity contribution >= 4 is 11.8 Å². The first-order valence-corrected chi connectivity index (χ1v) is 5.15. The van der Waals surface area contributed by atoms with E-state index in [2.05, 4.69) is 5.06 Å². The molecule has 0 unspecified atom stereocenters. The summed E-state index contributed by atoms with van der Waals surface area (Å²) in [6, 6.07) is 0. The quantitative estimate of drug-likeness (QED) is 0.601. The van der Waals surface area contributed by atoms with Crippen molar-refractivity contribution in [3.63, 3.8) is 0 Å². The van der Waals surface area contributed by atoms with E-state index in [0.717, 1.165) is 19.7 Å². The summed E-state index contributed by atoms with van der Waals surface area (Å²) in [6.07, 6.45) is 4.04. The summed E-state index contributed by atoms with van der Waals surface area (Å²) in [5.74, 6) is 2.41. The van der Waals surface area contributed by atoms with Crippen molar-refractivity contribution in [1.29, 1.82) is 0 Å². The molecule has 0 atom stereocenters. The molecule has 1 heterocycles. The molecule has 2 nitrogen and oxygen atoms in total. The summed E-state index contributed by atoms with van der Waals surface area (Å²) >= 11 is 2.00. The molecule has 11 heavy (non-hydrogen) atoms. The molecule has 0 radical (unpaired) electrons. The molecular formula is C8H15NOS. The molecule has 0 bridgehead atoms. The van der Waals surface area contributed by atoms with Crippen LogP contribution >= 0.6 is 11.8 Å². The van der Waals surface area contributed by atoms with Crippen LogP contribution in [-0.4, -0.2) is 36.3 Å². The Morgan fingerprint density at radius 3 is 2.82 bits per heavy atom. The highest BCUT2D eigenvalue weighted by Crippen LogP contribution is 2.08. The molecule has 0 saturated carbocycles. The van der Waals surface area contributed by atoms with E-state index in [1.54, 1.807) is 0 Å². The van der Waals surface area contributed by atoms with Crippen LogP contribution in [-0.2, 0) is 4.84 Å². The number of hydrogen-bond donors (Lipinski definition) is 0. The van der Waals surface area contributed by atoms with Crippen molar-refractivity contribution < 1.29 is 4.84 Å². The molecule has 1 saturated heterocycles. The average molecular weight is 173 g/mol. The van der Waals surface area contributed by atoms with Crippen molar-refractivity contribution in [3.8, 4) is 0 Å². The first kappa shape index (κ1) is 9.10. The van der Waals surface area contributed by atoms with Crippen LogP contribution in [0.3, 0.4) is 0 Å². The molecule has 0 aromatic rings. The number of thioether (sulfide) groups is 1. The van der Waals surface area contributed by atoms with Gasteiger partial charge in [0.15, 0.2) is 0 Å². The molecular weight excluding hydrogens is 158 g/mol. The monoisotopic (exact) mass is 173 g/mol. The van der Waals surface area contributed by atoms with Crippen LogP contribution in [0.1, 0.15) is 6.92 Å². The SMILES string of the molecule is CC=CCON1CCSCC1. The van der Waals surface area contributed by atoms with E-state index in [1.807, 2.05) is 30.8 Å². The van der Waals surface area contributed by atoms with Gasteiger partial charge in [0.1, 0.15) is 0 Å². The van der Waals surface area contributed by atoms with Crippen LogP contribution in [0.25, 0.3) is 0 Å². The first-order valence-electron chi connectivity index (χ1n) is 4.00. The van der Waals surface area contributed by atoms with Gasteiger partial charge in [0.05, 0.1) is 6.61 Å². The first-order chi connectivity index (χ1) is 5.43. The molecule has 0 N–H and O–H groups in total. The standard InChI is InChI=1S/C8H15NOS/c1-2-3-6-10-9-4-7-11-8-5-9/h2-3H,4-8H2,1H3. The number of allylic oxidation sites excluding steroid dienone is 1. The van der Waals surface area contributed by atoms with Gasteiger partial charge in [-0.2, -0.15) is 16.8 Å². The zero-order valence-corrected chi connectivity index (χ0v) is 7.77. The zero-order chi connectivity index (χ0) is 7.94. The summed E-state index contributed by atoms with van der Waals surface area (Å²) in [5, 5.41) is 2.05. The normalized spacial score (nSPS) is 21.2. The predicted molar refractivity (Wildman–Crippen MR) is 49.7 cm³/mol. The van der Waals surface area contributed by atoms with Crippen molar-refractivity contribution in [2.24, 2.45) is 0 Å². The lowest BCUT2D eigenvalue weighted by Crippen LogP contribution is -2.32. The van der Waals surface area contributed by atoms with Crippen LogP contribution in [0.15, 0.2) is 12.2 Å². The molecule has 0 aromatic carbocycles. The fourth-order valence-corrected chi connectivity index (χ4v) is 1.79. The van der Waals surface area contributed by atoms with E-state index in [1.165, 1.54) is 11.5 Å². The van der Waals surface area contributed by atoms with Crippen molar-refractivity contribution in [1.82, 2.24) is 5.06 Å². The largest absolute Gasteiger partial charge is 0.295 e.